The van der Waals surface area contributed by atoms with E-state index in [-0.39, 0.29) is 11.9 Å². The van der Waals surface area contributed by atoms with Crippen LogP contribution in [0.25, 0.3) is 0 Å². The largest absolute Gasteiger partial charge is 0.425 e. The molecule has 84 valence electrons. The molecule has 0 amide bonds. The van der Waals surface area contributed by atoms with Crippen molar-refractivity contribution in [2.24, 2.45) is 0 Å². The van der Waals surface area contributed by atoms with Gasteiger partial charge in [-0.25, -0.2) is 0 Å². The number of rotatable bonds is 1. The third kappa shape index (κ3) is 1.71. The molecular formula is C14H9ClO2. The van der Waals surface area contributed by atoms with Crippen molar-refractivity contribution in [2.45, 2.75) is 5.92 Å². The Balaban J connectivity index is 2.12. The number of ether oxygens (including phenoxy) is 1. The number of esters is 1. The van der Waals surface area contributed by atoms with E-state index >= 15 is 0 Å². The van der Waals surface area contributed by atoms with Gasteiger partial charge in [0.05, 0.1) is 0 Å². The summed E-state index contributed by atoms with van der Waals surface area (Å²) < 4.78 is 5.23. The van der Waals surface area contributed by atoms with E-state index in [2.05, 4.69) is 0 Å². The molecule has 17 heavy (non-hydrogen) atoms. The number of carbonyl (C=O) groups is 1. The fraction of sp³-hybridized carbons (Fsp3) is 0.0714. The Labute approximate surface area is 104 Å². The van der Waals surface area contributed by atoms with Crippen molar-refractivity contribution in [2.75, 3.05) is 0 Å². The van der Waals surface area contributed by atoms with Crippen molar-refractivity contribution in [3.05, 3.63) is 64.7 Å². The quantitative estimate of drug-likeness (QED) is 0.568. The van der Waals surface area contributed by atoms with E-state index in [9.17, 15) is 4.79 Å². The molecule has 0 aromatic heterocycles. The number of carbonyl (C=O) groups excluding carboxylic acids is 1. The van der Waals surface area contributed by atoms with E-state index in [1.54, 1.807) is 12.1 Å². The average Bonchev–Trinajstić information content (AvgIpc) is 2.65. The second kappa shape index (κ2) is 3.90. The molecule has 1 aliphatic heterocycles. The lowest BCUT2D eigenvalue weighted by Gasteiger charge is -2.06. The lowest BCUT2D eigenvalue weighted by molar-refractivity contribution is -0.133. The van der Waals surface area contributed by atoms with Gasteiger partial charge in [-0.05, 0) is 17.7 Å². The predicted molar refractivity (Wildman–Crippen MR) is 65.4 cm³/mol. The molecular weight excluding hydrogens is 236 g/mol. The highest BCUT2D eigenvalue weighted by atomic mass is 35.5. The third-order valence-corrected chi connectivity index (χ3v) is 3.10. The molecule has 2 nitrogen and oxygen atoms in total. The molecule has 0 spiro atoms. The summed E-state index contributed by atoms with van der Waals surface area (Å²) in [7, 11) is 0. The Kier molecular flexibility index (Phi) is 2.37. The summed E-state index contributed by atoms with van der Waals surface area (Å²) in [6, 6.07) is 14.9. The Bertz CT molecular complexity index is 578. The van der Waals surface area contributed by atoms with Gasteiger partial charge in [0.1, 0.15) is 11.7 Å². The van der Waals surface area contributed by atoms with E-state index in [1.165, 1.54) is 0 Å². The SMILES string of the molecule is O=C1Oc2cc(Cl)ccc2C1c1ccccc1. The highest BCUT2D eigenvalue weighted by Gasteiger charge is 2.34. The number of hydrogen-bond acceptors (Lipinski definition) is 2. The summed E-state index contributed by atoms with van der Waals surface area (Å²) in [6.07, 6.45) is 0. The van der Waals surface area contributed by atoms with E-state index in [0.717, 1.165) is 11.1 Å². The smallest absolute Gasteiger partial charge is 0.323 e. The molecule has 3 rings (SSSR count). The number of hydrogen-bond donors (Lipinski definition) is 0. The van der Waals surface area contributed by atoms with Gasteiger partial charge in [-0.15, -0.1) is 0 Å². The second-order valence-electron chi connectivity index (χ2n) is 3.95. The Hall–Kier alpha value is -1.80. The first-order chi connectivity index (χ1) is 8.25. The van der Waals surface area contributed by atoms with Gasteiger partial charge in [0.25, 0.3) is 0 Å². The minimum Gasteiger partial charge on any atom is -0.425 e. The molecule has 1 unspecified atom stereocenters. The molecule has 2 aromatic rings. The maximum Gasteiger partial charge on any atom is 0.323 e. The van der Waals surface area contributed by atoms with Gasteiger partial charge in [-0.1, -0.05) is 48.0 Å². The molecule has 0 bridgehead atoms. The standard InChI is InChI=1S/C14H9ClO2/c15-10-6-7-11-12(8-10)17-14(16)13(11)9-4-2-1-3-5-9/h1-8,13H. The highest BCUT2D eigenvalue weighted by Crippen LogP contribution is 2.40. The van der Waals surface area contributed by atoms with Gasteiger partial charge in [-0.3, -0.25) is 4.79 Å². The summed E-state index contributed by atoms with van der Waals surface area (Å²) in [5.74, 6) is -0.00622. The topological polar surface area (TPSA) is 26.3 Å². The fourth-order valence-electron chi connectivity index (χ4n) is 2.09. The maximum atomic E-state index is 11.9. The van der Waals surface area contributed by atoms with Gasteiger partial charge in [0.15, 0.2) is 0 Å². The Morgan fingerprint density at radius 1 is 1.06 bits per heavy atom. The van der Waals surface area contributed by atoms with Crippen LogP contribution < -0.4 is 4.74 Å². The van der Waals surface area contributed by atoms with Crippen molar-refractivity contribution in [1.29, 1.82) is 0 Å². The zero-order chi connectivity index (χ0) is 11.8. The maximum absolute atomic E-state index is 11.9. The van der Waals surface area contributed by atoms with Gasteiger partial charge in [-0.2, -0.15) is 0 Å². The van der Waals surface area contributed by atoms with Gasteiger partial charge < -0.3 is 4.74 Å². The van der Waals surface area contributed by atoms with Gasteiger partial charge in [0, 0.05) is 10.6 Å². The molecule has 0 fully saturated rings. The highest BCUT2D eigenvalue weighted by molar-refractivity contribution is 6.30. The van der Waals surface area contributed by atoms with Crippen LogP contribution in [0.15, 0.2) is 48.5 Å². The Morgan fingerprint density at radius 3 is 2.59 bits per heavy atom. The zero-order valence-corrected chi connectivity index (χ0v) is 9.65. The normalized spacial score (nSPS) is 17.7. The molecule has 0 saturated heterocycles. The first-order valence-electron chi connectivity index (χ1n) is 5.32. The van der Waals surface area contributed by atoms with Crippen LogP contribution in [0.4, 0.5) is 0 Å². The third-order valence-electron chi connectivity index (χ3n) is 2.87. The Morgan fingerprint density at radius 2 is 1.82 bits per heavy atom. The fourth-order valence-corrected chi connectivity index (χ4v) is 2.25. The number of fused-ring (bicyclic) bond motifs is 1. The van der Waals surface area contributed by atoms with E-state index in [4.69, 9.17) is 16.3 Å². The van der Waals surface area contributed by atoms with Gasteiger partial charge >= 0.3 is 5.97 Å². The molecule has 1 atom stereocenters. The predicted octanol–water partition coefficient (Wildman–Crippen LogP) is 3.39. The van der Waals surface area contributed by atoms with Crippen LogP contribution in [0.3, 0.4) is 0 Å². The van der Waals surface area contributed by atoms with Crippen LogP contribution in [0, 0.1) is 0 Å². The lowest BCUT2D eigenvalue weighted by Crippen LogP contribution is -2.11. The molecule has 1 heterocycles. The van der Waals surface area contributed by atoms with E-state index in [0.29, 0.717) is 10.8 Å². The van der Waals surface area contributed by atoms with Crippen LogP contribution in [0.1, 0.15) is 17.0 Å². The van der Waals surface area contributed by atoms with Crippen molar-refractivity contribution in [3.8, 4) is 5.75 Å². The lowest BCUT2D eigenvalue weighted by atomic mass is 9.93. The van der Waals surface area contributed by atoms with Crippen molar-refractivity contribution >= 4 is 17.6 Å². The minimum atomic E-state index is -0.330. The van der Waals surface area contributed by atoms with Crippen molar-refractivity contribution < 1.29 is 9.53 Å². The summed E-state index contributed by atoms with van der Waals surface area (Å²) >= 11 is 5.87. The van der Waals surface area contributed by atoms with E-state index < -0.39 is 0 Å². The molecule has 0 saturated carbocycles. The van der Waals surface area contributed by atoms with Crippen LogP contribution in [0.2, 0.25) is 5.02 Å². The molecule has 0 aliphatic carbocycles. The van der Waals surface area contributed by atoms with Crippen LogP contribution in [-0.2, 0) is 4.79 Å². The van der Waals surface area contributed by atoms with Crippen LogP contribution in [0.5, 0.6) is 5.75 Å². The second-order valence-corrected chi connectivity index (χ2v) is 4.38. The summed E-state index contributed by atoms with van der Waals surface area (Å²) in [4.78, 5) is 11.9. The molecule has 0 radical (unpaired) electrons. The van der Waals surface area contributed by atoms with Crippen LogP contribution in [-0.4, -0.2) is 5.97 Å². The van der Waals surface area contributed by atoms with Crippen molar-refractivity contribution in [3.63, 3.8) is 0 Å². The van der Waals surface area contributed by atoms with Crippen LogP contribution >= 0.6 is 11.6 Å². The summed E-state index contributed by atoms with van der Waals surface area (Å²) in [5, 5.41) is 0.574. The zero-order valence-electron chi connectivity index (χ0n) is 8.89. The molecule has 2 aromatic carbocycles. The monoisotopic (exact) mass is 244 g/mol. The molecule has 3 heteroatoms. The molecule has 0 N–H and O–H groups in total. The average molecular weight is 245 g/mol. The van der Waals surface area contributed by atoms with Gasteiger partial charge in [0.2, 0.25) is 0 Å². The van der Waals surface area contributed by atoms with Crippen molar-refractivity contribution in [1.82, 2.24) is 0 Å². The molecule has 1 aliphatic rings. The summed E-state index contributed by atoms with van der Waals surface area (Å²) in [6.45, 7) is 0. The first kappa shape index (κ1) is 10.4. The first-order valence-corrected chi connectivity index (χ1v) is 5.69. The minimum absolute atomic E-state index is 0.242. The van der Waals surface area contributed by atoms with E-state index in [1.807, 2.05) is 36.4 Å². The summed E-state index contributed by atoms with van der Waals surface area (Å²) in [5.41, 5.74) is 1.82. The number of benzene rings is 2. The number of halogens is 1.